The maximum atomic E-state index is 12.6. The zero-order chi connectivity index (χ0) is 15.5. The van der Waals surface area contributed by atoms with E-state index in [1.807, 2.05) is 25.1 Å². The highest BCUT2D eigenvalue weighted by Gasteiger charge is 2.31. The van der Waals surface area contributed by atoms with Gasteiger partial charge in [-0.05, 0) is 42.3 Å². The van der Waals surface area contributed by atoms with Crippen LogP contribution in [0.1, 0.15) is 23.6 Å². The molecule has 0 aliphatic rings. The maximum Gasteiger partial charge on any atom is 0.416 e. The molecular weight excluding hydrogens is 277 g/mol. The molecule has 0 heterocycles. The molecule has 0 aliphatic heterocycles. The molecule has 0 fully saturated rings. The highest BCUT2D eigenvalue weighted by molar-refractivity contribution is 5.67. The molecule has 0 atom stereocenters. The van der Waals surface area contributed by atoms with Gasteiger partial charge >= 0.3 is 6.18 Å². The van der Waals surface area contributed by atoms with Gasteiger partial charge in [0.15, 0.2) is 0 Å². The summed E-state index contributed by atoms with van der Waals surface area (Å²) in [6.45, 7) is 2.01. The Kier molecular flexibility index (Phi) is 4.18. The SMILES string of the molecule is CCc1cccc(Nc2ccc(C(F)(F)F)cc2C#N)c1. The van der Waals surface area contributed by atoms with Crippen LogP contribution in [-0.4, -0.2) is 0 Å². The van der Waals surface area contributed by atoms with Crippen molar-refractivity contribution in [2.75, 3.05) is 5.32 Å². The lowest BCUT2D eigenvalue weighted by Crippen LogP contribution is -2.06. The number of benzene rings is 2. The van der Waals surface area contributed by atoms with E-state index in [0.29, 0.717) is 5.69 Å². The molecule has 21 heavy (non-hydrogen) atoms. The summed E-state index contributed by atoms with van der Waals surface area (Å²) in [4.78, 5) is 0. The van der Waals surface area contributed by atoms with Gasteiger partial charge in [0.2, 0.25) is 0 Å². The third-order valence-corrected chi connectivity index (χ3v) is 3.08. The van der Waals surface area contributed by atoms with E-state index < -0.39 is 11.7 Å². The third kappa shape index (κ3) is 3.54. The van der Waals surface area contributed by atoms with Crippen LogP contribution in [-0.2, 0) is 12.6 Å². The first kappa shape index (κ1) is 14.9. The first-order valence-corrected chi connectivity index (χ1v) is 6.41. The maximum absolute atomic E-state index is 12.6. The molecule has 0 amide bonds. The quantitative estimate of drug-likeness (QED) is 0.874. The van der Waals surface area contributed by atoms with Crippen molar-refractivity contribution in [3.8, 4) is 6.07 Å². The lowest BCUT2D eigenvalue weighted by molar-refractivity contribution is -0.137. The Bertz CT molecular complexity index is 685. The van der Waals surface area contributed by atoms with Gasteiger partial charge in [-0.2, -0.15) is 18.4 Å². The van der Waals surface area contributed by atoms with Crippen molar-refractivity contribution in [3.63, 3.8) is 0 Å². The van der Waals surface area contributed by atoms with Crippen LogP contribution in [0.5, 0.6) is 0 Å². The molecule has 2 aromatic carbocycles. The van der Waals surface area contributed by atoms with Gasteiger partial charge in [-0.25, -0.2) is 0 Å². The van der Waals surface area contributed by atoms with Crippen molar-refractivity contribution in [1.82, 2.24) is 0 Å². The number of halogens is 3. The normalized spacial score (nSPS) is 11.0. The van der Waals surface area contributed by atoms with Crippen molar-refractivity contribution < 1.29 is 13.2 Å². The van der Waals surface area contributed by atoms with Crippen LogP contribution < -0.4 is 5.32 Å². The molecule has 0 saturated carbocycles. The number of hydrogen-bond donors (Lipinski definition) is 1. The lowest BCUT2D eigenvalue weighted by Gasteiger charge is -2.12. The number of nitrogens with one attached hydrogen (secondary N) is 1. The number of hydrogen-bond acceptors (Lipinski definition) is 2. The van der Waals surface area contributed by atoms with Gasteiger partial charge in [-0.1, -0.05) is 19.1 Å². The van der Waals surface area contributed by atoms with Gasteiger partial charge in [0.05, 0.1) is 16.8 Å². The molecule has 0 bridgehead atoms. The lowest BCUT2D eigenvalue weighted by atomic mass is 10.1. The van der Waals surface area contributed by atoms with E-state index in [-0.39, 0.29) is 5.56 Å². The molecule has 5 heteroatoms. The van der Waals surface area contributed by atoms with Crippen molar-refractivity contribution in [1.29, 1.82) is 5.26 Å². The van der Waals surface area contributed by atoms with Gasteiger partial charge in [0, 0.05) is 5.69 Å². The van der Waals surface area contributed by atoms with E-state index in [0.717, 1.165) is 29.8 Å². The average molecular weight is 290 g/mol. The molecule has 0 radical (unpaired) electrons. The summed E-state index contributed by atoms with van der Waals surface area (Å²) in [5, 5.41) is 12.0. The molecule has 0 unspecified atom stereocenters. The summed E-state index contributed by atoms with van der Waals surface area (Å²) >= 11 is 0. The zero-order valence-electron chi connectivity index (χ0n) is 11.3. The Morgan fingerprint density at radius 1 is 1.14 bits per heavy atom. The zero-order valence-corrected chi connectivity index (χ0v) is 11.3. The van der Waals surface area contributed by atoms with Crippen molar-refractivity contribution in [2.45, 2.75) is 19.5 Å². The van der Waals surface area contributed by atoms with Crippen LogP contribution in [0.25, 0.3) is 0 Å². The van der Waals surface area contributed by atoms with E-state index in [4.69, 9.17) is 5.26 Å². The summed E-state index contributed by atoms with van der Waals surface area (Å²) in [6.07, 6.45) is -3.60. The minimum atomic E-state index is -4.45. The molecular formula is C16H13F3N2. The molecule has 2 nitrogen and oxygen atoms in total. The van der Waals surface area contributed by atoms with E-state index in [1.165, 1.54) is 6.07 Å². The molecule has 108 valence electrons. The van der Waals surface area contributed by atoms with E-state index >= 15 is 0 Å². The number of aryl methyl sites for hydroxylation is 1. The predicted octanol–water partition coefficient (Wildman–Crippen LogP) is 4.88. The fourth-order valence-electron chi connectivity index (χ4n) is 1.95. The Balaban J connectivity index is 2.34. The van der Waals surface area contributed by atoms with Gasteiger partial charge in [-0.15, -0.1) is 0 Å². The molecule has 2 rings (SSSR count). The molecule has 0 saturated heterocycles. The minimum Gasteiger partial charge on any atom is -0.354 e. The third-order valence-electron chi connectivity index (χ3n) is 3.08. The smallest absolute Gasteiger partial charge is 0.354 e. The Morgan fingerprint density at radius 2 is 1.90 bits per heavy atom. The Labute approximate surface area is 120 Å². The first-order valence-electron chi connectivity index (χ1n) is 6.41. The Morgan fingerprint density at radius 3 is 2.52 bits per heavy atom. The fraction of sp³-hybridized carbons (Fsp3) is 0.188. The summed E-state index contributed by atoms with van der Waals surface area (Å²) in [7, 11) is 0. The van der Waals surface area contributed by atoms with Crippen molar-refractivity contribution in [2.24, 2.45) is 0 Å². The second-order valence-electron chi connectivity index (χ2n) is 4.55. The number of nitrogens with zero attached hydrogens (tertiary/aromatic N) is 1. The van der Waals surface area contributed by atoms with Crippen LogP contribution in [0.4, 0.5) is 24.5 Å². The van der Waals surface area contributed by atoms with Crippen LogP contribution >= 0.6 is 0 Å². The molecule has 2 aromatic rings. The monoisotopic (exact) mass is 290 g/mol. The van der Waals surface area contributed by atoms with Crippen molar-refractivity contribution >= 4 is 11.4 Å². The first-order chi connectivity index (χ1) is 9.94. The average Bonchev–Trinajstić information content (AvgIpc) is 2.46. The highest BCUT2D eigenvalue weighted by atomic mass is 19.4. The van der Waals surface area contributed by atoms with Gasteiger partial charge < -0.3 is 5.32 Å². The molecule has 0 spiro atoms. The standard InChI is InChI=1S/C16H13F3N2/c1-2-11-4-3-5-14(8-11)21-15-7-6-13(16(17,18)19)9-12(15)10-20/h3-9,21H,2H2,1H3. The van der Waals surface area contributed by atoms with Crippen LogP contribution in [0.3, 0.4) is 0 Å². The number of alkyl halides is 3. The molecule has 0 aromatic heterocycles. The van der Waals surface area contributed by atoms with Crippen molar-refractivity contribution in [3.05, 3.63) is 59.2 Å². The van der Waals surface area contributed by atoms with Crippen LogP contribution in [0, 0.1) is 11.3 Å². The summed E-state index contributed by atoms with van der Waals surface area (Å²) in [5.74, 6) is 0. The van der Waals surface area contributed by atoms with E-state index in [2.05, 4.69) is 5.32 Å². The van der Waals surface area contributed by atoms with E-state index in [1.54, 1.807) is 12.1 Å². The van der Waals surface area contributed by atoms with Crippen LogP contribution in [0.15, 0.2) is 42.5 Å². The van der Waals surface area contributed by atoms with Gasteiger partial charge in [-0.3, -0.25) is 0 Å². The topological polar surface area (TPSA) is 35.8 Å². The summed E-state index contributed by atoms with van der Waals surface area (Å²) in [6, 6.07) is 12.4. The summed E-state index contributed by atoms with van der Waals surface area (Å²) < 4.78 is 37.9. The predicted molar refractivity (Wildman–Crippen MR) is 75.3 cm³/mol. The number of nitriles is 1. The molecule has 1 N–H and O–H groups in total. The van der Waals surface area contributed by atoms with Gasteiger partial charge in [0.25, 0.3) is 0 Å². The fourth-order valence-corrected chi connectivity index (χ4v) is 1.95. The van der Waals surface area contributed by atoms with Gasteiger partial charge in [0.1, 0.15) is 6.07 Å². The molecule has 0 aliphatic carbocycles. The second-order valence-corrected chi connectivity index (χ2v) is 4.55. The van der Waals surface area contributed by atoms with Crippen LogP contribution in [0.2, 0.25) is 0 Å². The number of rotatable bonds is 3. The number of anilines is 2. The highest BCUT2D eigenvalue weighted by Crippen LogP contribution is 2.32. The van der Waals surface area contributed by atoms with E-state index in [9.17, 15) is 13.2 Å². The Hall–Kier alpha value is -2.48. The summed E-state index contributed by atoms with van der Waals surface area (Å²) in [5.41, 5.74) is 1.34. The largest absolute Gasteiger partial charge is 0.416 e. The second kappa shape index (κ2) is 5.88. The minimum absolute atomic E-state index is 0.0354.